The number of aromatic nitrogens is 2. The first-order chi connectivity index (χ1) is 7.09. The number of thiophene rings is 1. The Kier molecular flexibility index (Phi) is 2.74. The lowest BCUT2D eigenvalue weighted by atomic mass is 10.1. The van der Waals surface area contributed by atoms with Crippen LogP contribution in [0.3, 0.4) is 0 Å². The Morgan fingerprint density at radius 3 is 2.40 bits per heavy atom. The third-order valence-corrected chi connectivity index (χ3v) is 3.34. The average molecular weight is 220 g/mol. The normalized spacial score (nSPS) is 11.9. The van der Waals surface area contributed by atoms with E-state index in [0.29, 0.717) is 11.8 Å². The van der Waals surface area contributed by atoms with Crippen molar-refractivity contribution in [3.63, 3.8) is 0 Å². The largest absolute Gasteiger partial charge is 0.236 e. The van der Waals surface area contributed by atoms with Gasteiger partial charge in [0.2, 0.25) is 0 Å². The van der Waals surface area contributed by atoms with Crippen molar-refractivity contribution in [2.75, 3.05) is 0 Å². The van der Waals surface area contributed by atoms with Crippen LogP contribution in [0.5, 0.6) is 0 Å². The summed E-state index contributed by atoms with van der Waals surface area (Å²) in [6.45, 7) is 8.65. The Morgan fingerprint density at radius 2 is 1.80 bits per heavy atom. The summed E-state index contributed by atoms with van der Waals surface area (Å²) in [5.74, 6) is 1.82. The second-order valence-electron chi connectivity index (χ2n) is 4.41. The standard InChI is InChI=1S/C12H16N2S/c1-7(2)10-11-9(5-6-15-11)13-12(14-10)8(3)4/h5-8H,1-4H3. The first kappa shape index (κ1) is 10.6. The van der Waals surface area contributed by atoms with E-state index in [1.165, 1.54) is 10.4 Å². The molecule has 0 spiro atoms. The van der Waals surface area contributed by atoms with Gasteiger partial charge in [0, 0.05) is 5.92 Å². The summed E-state index contributed by atoms with van der Waals surface area (Å²) in [5.41, 5.74) is 2.29. The fraction of sp³-hybridized carbons (Fsp3) is 0.500. The van der Waals surface area contributed by atoms with Crippen LogP contribution in [0.15, 0.2) is 11.4 Å². The maximum absolute atomic E-state index is 4.67. The van der Waals surface area contributed by atoms with Crippen LogP contribution >= 0.6 is 11.3 Å². The van der Waals surface area contributed by atoms with Gasteiger partial charge in [-0.1, -0.05) is 27.7 Å². The molecular weight excluding hydrogens is 204 g/mol. The highest BCUT2D eigenvalue weighted by Gasteiger charge is 2.13. The molecule has 3 heteroatoms. The minimum atomic E-state index is 0.395. The molecule has 2 aromatic rings. The van der Waals surface area contributed by atoms with Crippen molar-refractivity contribution < 1.29 is 0 Å². The summed E-state index contributed by atoms with van der Waals surface area (Å²) in [6, 6.07) is 2.08. The van der Waals surface area contributed by atoms with Crippen LogP contribution in [-0.4, -0.2) is 9.97 Å². The SMILES string of the molecule is CC(C)c1nc(C(C)C)c2sccc2n1. The van der Waals surface area contributed by atoms with E-state index in [4.69, 9.17) is 0 Å². The van der Waals surface area contributed by atoms with Crippen molar-refractivity contribution in [2.45, 2.75) is 39.5 Å². The first-order valence-electron chi connectivity index (χ1n) is 5.34. The molecule has 0 N–H and O–H groups in total. The van der Waals surface area contributed by atoms with Gasteiger partial charge in [-0.3, -0.25) is 0 Å². The fourth-order valence-electron chi connectivity index (χ4n) is 1.55. The summed E-state index contributed by atoms with van der Waals surface area (Å²) in [6.07, 6.45) is 0. The molecule has 0 aliphatic carbocycles. The van der Waals surface area contributed by atoms with Gasteiger partial charge in [-0.15, -0.1) is 11.3 Å². The molecule has 15 heavy (non-hydrogen) atoms. The maximum Gasteiger partial charge on any atom is 0.131 e. The topological polar surface area (TPSA) is 25.8 Å². The molecular formula is C12H16N2S. The fourth-order valence-corrected chi connectivity index (χ4v) is 2.52. The summed E-state index contributed by atoms with van der Waals surface area (Å²) >= 11 is 1.74. The van der Waals surface area contributed by atoms with Gasteiger partial charge in [0.15, 0.2) is 0 Å². The zero-order valence-corrected chi connectivity index (χ0v) is 10.4. The van der Waals surface area contributed by atoms with Crippen LogP contribution in [0.4, 0.5) is 0 Å². The van der Waals surface area contributed by atoms with Crippen molar-refractivity contribution in [1.29, 1.82) is 0 Å². The Bertz CT molecular complexity index is 471. The zero-order chi connectivity index (χ0) is 11.0. The van der Waals surface area contributed by atoms with E-state index < -0.39 is 0 Å². The molecule has 0 aliphatic rings. The zero-order valence-electron chi connectivity index (χ0n) is 9.61. The van der Waals surface area contributed by atoms with E-state index in [1.54, 1.807) is 11.3 Å². The first-order valence-corrected chi connectivity index (χ1v) is 6.22. The molecule has 2 heterocycles. The van der Waals surface area contributed by atoms with Crippen LogP contribution in [0, 0.1) is 0 Å². The minimum absolute atomic E-state index is 0.395. The van der Waals surface area contributed by atoms with E-state index in [0.717, 1.165) is 11.3 Å². The third kappa shape index (κ3) is 1.88. The van der Waals surface area contributed by atoms with E-state index in [9.17, 15) is 0 Å². The molecule has 80 valence electrons. The molecule has 0 aliphatic heterocycles. The van der Waals surface area contributed by atoms with Crippen molar-refractivity contribution in [3.8, 4) is 0 Å². The third-order valence-electron chi connectivity index (χ3n) is 2.41. The van der Waals surface area contributed by atoms with Crippen molar-refractivity contribution in [2.24, 2.45) is 0 Å². The number of nitrogens with zero attached hydrogens (tertiary/aromatic N) is 2. The van der Waals surface area contributed by atoms with E-state index >= 15 is 0 Å². The molecule has 2 aromatic heterocycles. The van der Waals surface area contributed by atoms with Gasteiger partial charge in [0.1, 0.15) is 5.82 Å². The van der Waals surface area contributed by atoms with Gasteiger partial charge in [0.05, 0.1) is 15.9 Å². The van der Waals surface area contributed by atoms with Crippen LogP contribution < -0.4 is 0 Å². The highest BCUT2D eigenvalue weighted by molar-refractivity contribution is 7.17. The van der Waals surface area contributed by atoms with Crippen LogP contribution in [0.1, 0.15) is 51.0 Å². The molecule has 2 rings (SSSR count). The maximum atomic E-state index is 4.67. The minimum Gasteiger partial charge on any atom is -0.236 e. The van der Waals surface area contributed by atoms with Gasteiger partial charge in [-0.25, -0.2) is 9.97 Å². The summed E-state index contributed by atoms with van der Waals surface area (Å²) in [4.78, 5) is 9.25. The second kappa shape index (κ2) is 3.89. The van der Waals surface area contributed by atoms with Gasteiger partial charge < -0.3 is 0 Å². The van der Waals surface area contributed by atoms with Gasteiger partial charge in [-0.05, 0) is 17.4 Å². The van der Waals surface area contributed by atoms with E-state index in [2.05, 4.69) is 49.1 Å². The van der Waals surface area contributed by atoms with Crippen LogP contribution in [0.25, 0.3) is 10.2 Å². The molecule has 0 saturated carbocycles. The molecule has 0 atom stereocenters. The molecule has 0 radical (unpaired) electrons. The molecule has 0 aromatic carbocycles. The van der Waals surface area contributed by atoms with Crippen LogP contribution in [-0.2, 0) is 0 Å². The second-order valence-corrected chi connectivity index (χ2v) is 5.33. The summed E-state index contributed by atoms with van der Waals surface area (Å²) < 4.78 is 1.24. The Labute approximate surface area is 94.4 Å². The average Bonchev–Trinajstić information content (AvgIpc) is 2.62. The van der Waals surface area contributed by atoms with Crippen LogP contribution in [0.2, 0.25) is 0 Å². The lowest BCUT2D eigenvalue weighted by Crippen LogP contribution is -2.02. The molecule has 0 fully saturated rings. The monoisotopic (exact) mass is 220 g/mol. The molecule has 0 saturated heterocycles. The molecule has 0 bridgehead atoms. The number of hydrogen-bond donors (Lipinski definition) is 0. The highest BCUT2D eigenvalue weighted by atomic mass is 32.1. The highest BCUT2D eigenvalue weighted by Crippen LogP contribution is 2.28. The van der Waals surface area contributed by atoms with Gasteiger partial charge in [-0.2, -0.15) is 0 Å². The van der Waals surface area contributed by atoms with Gasteiger partial charge in [0.25, 0.3) is 0 Å². The number of rotatable bonds is 2. The molecule has 0 amide bonds. The Hall–Kier alpha value is -0.960. The van der Waals surface area contributed by atoms with Crippen molar-refractivity contribution in [1.82, 2.24) is 9.97 Å². The lowest BCUT2D eigenvalue weighted by molar-refractivity contribution is 0.744. The Balaban J connectivity index is 2.69. The van der Waals surface area contributed by atoms with Gasteiger partial charge >= 0.3 is 0 Å². The quantitative estimate of drug-likeness (QED) is 0.766. The summed E-state index contributed by atoms with van der Waals surface area (Å²) in [5, 5.41) is 2.09. The Morgan fingerprint density at radius 1 is 1.07 bits per heavy atom. The smallest absolute Gasteiger partial charge is 0.131 e. The summed E-state index contributed by atoms with van der Waals surface area (Å²) in [7, 11) is 0. The predicted molar refractivity (Wildman–Crippen MR) is 65.6 cm³/mol. The predicted octanol–water partition coefficient (Wildman–Crippen LogP) is 3.94. The number of hydrogen-bond acceptors (Lipinski definition) is 3. The number of fused-ring (bicyclic) bond motifs is 1. The lowest BCUT2D eigenvalue weighted by Gasteiger charge is -2.10. The van der Waals surface area contributed by atoms with E-state index in [-0.39, 0.29) is 0 Å². The van der Waals surface area contributed by atoms with E-state index in [1.807, 2.05) is 0 Å². The van der Waals surface area contributed by atoms with Crippen molar-refractivity contribution in [3.05, 3.63) is 23.0 Å². The van der Waals surface area contributed by atoms with Crippen molar-refractivity contribution >= 4 is 21.6 Å². The molecule has 0 unspecified atom stereocenters. The molecule has 2 nitrogen and oxygen atoms in total.